The smallest absolute Gasteiger partial charge is 0.343 e. The number of nitrogens with zero attached hydrogens (tertiary/aromatic N) is 2. The largest absolute Gasteiger partial charge is 0.452 e. The first-order chi connectivity index (χ1) is 12.8. The Morgan fingerprint density at radius 2 is 2.07 bits per heavy atom. The van der Waals surface area contributed by atoms with Crippen LogP contribution in [0.2, 0.25) is 0 Å². The van der Waals surface area contributed by atoms with Gasteiger partial charge >= 0.3 is 5.97 Å². The highest BCUT2D eigenvalue weighted by atomic mass is 79.9. The molecule has 0 aliphatic rings. The summed E-state index contributed by atoms with van der Waals surface area (Å²) in [4.78, 5) is 40.8. The molecule has 1 amide bonds. The molecule has 3 rings (SSSR count). The Labute approximate surface area is 162 Å². The lowest BCUT2D eigenvalue weighted by Crippen LogP contribution is -2.23. The number of carbonyl (C=O) groups is 2. The molecule has 0 saturated heterocycles. The zero-order valence-electron chi connectivity index (χ0n) is 14.8. The maximum Gasteiger partial charge on any atom is 0.343 e. The number of amides is 1. The van der Waals surface area contributed by atoms with Crippen LogP contribution in [0.3, 0.4) is 0 Å². The zero-order valence-corrected chi connectivity index (χ0v) is 16.4. The molecule has 0 bridgehead atoms. The number of aryl methyl sites for hydroxylation is 3. The van der Waals surface area contributed by atoms with Crippen molar-refractivity contribution in [2.75, 3.05) is 11.9 Å². The van der Waals surface area contributed by atoms with E-state index in [-0.39, 0.29) is 22.4 Å². The molecule has 2 heterocycles. The second-order valence-electron chi connectivity index (χ2n) is 5.96. The maximum atomic E-state index is 12.4. The Bertz CT molecular complexity index is 1120. The number of aromatic nitrogens is 2. The summed E-state index contributed by atoms with van der Waals surface area (Å²) in [6, 6.07) is 5.38. The Hall–Kier alpha value is -2.94. The van der Waals surface area contributed by atoms with Gasteiger partial charge in [-0.1, -0.05) is 15.9 Å². The standard InChI is InChI=1S/C18H16BrN3O5/c1-9-6-11(19)4-5-12(9)21-13(23)7-26-18(25)14-10(2)27-16-15(14)17(24)22(3)8-20-16/h4-6,8H,7H2,1-3H3,(H,21,23). The lowest BCUT2D eigenvalue weighted by Gasteiger charge is -2.09. The first-order valence-electron chi connectivity index (χ1n) is 7.95. The minimum atomic E-state index is -0.820. The summed E-state index contributed by atoms with van der Waals surface area (Å²) in [5.41, 5.74) is 1.07. The number of esters is 1. The van der Waals surface area contributed by atoms with Crippen LogP contribution in [0.5, 0.6) is 0 Å². The molecule has 27 heavy (non-hydrogen) atoms. The van der Waals surface area contributed by atoms with Crippen LogP contribution in [0.1, 0.15) is 21.7 Å². The first-order valence-corrected chi connectivity index (χ1v) is 8.75. The molecule has 1 aromatic carbocycles. The summed E-state index contributed by atoms with van der Waals surface area (Å²) in [7, 11) is 1.51. The summed E-state index contributed by atoms with van der Waals surface area (Å²) in [6.45, 7) is 2.88. The third-order valence-corrected chi connectivity index (χ3v) is 4.44. The molecule has 9 heteroatoms. The van der Waals surface area contributed by atoms with Crippen molar-refractivity contribution in [2.45, 2.75) is 13.8 Å². The third kappa shape index (κ3) is 3.77. The molecule has 0 aliphatic heterocycles. The van der Waals surface area contributed by atoms with Gasteiger partial charge in [0.2, 0.25) is 5.71 Å². The fraction of sp³-hybridized carbons (Fsp3) is 0.222. The van der Waals surface area contributed by atoms with Gasteiger partial charge in [-0.3, -0.25) is 9.59 Å². The van der Waals surface area contributed by atoms with Crippen LogP contribution >= 0.6 is 15.9 Å². The monoisotopic (exact) mass is 433 g/mol. The molecule has 0 fully saturated rings. The second kappa shape index (κ2) is 7.36. The van der Waals surface area contributed by atoms with Crippen molar-refractivity contribution in [1.29, 1.82) is 0 Å². The summed E-state index contributed by atoms with van der Waals surface area (Å²) in [6.07, 6.45) is 1.30. The zero-order chi connectivity index (χ0) is 19.7. The number of halogens is 1. The normalized spacial score (nSPS) is 10.8. The summed E-state index contributed by atoms with van der Waals surface area (Å²) >= 11 is 3.35. The highest BCUT2D eigenvalue weighted by Gasteiger charge is 2.24. The number of furan rings is 1. The van der Waals surface area contributed by atoms with E-state index in [1.807, 2.05) is 13.0 Å². The van der Waals surface area contributed by atoms with Gasteiger partial charge in [-0.25, -0.2) is 9.78 Å². The summed E-state index contributed by atoms with van der Waals surface area (Å²) in [5.74, 6) is -1.11. The van der Waals surface area contributed by atoms with Gasteiger partial charge < -0.3 is 19.0 Å². The quantitative estimate of drug-likeness (QED) is 0.634. The Balaban J connectivity index is 1.75. The summed E-state index contributed by atoms with van der Waals surface area (Å²) < 4.78 is 12.6. The van der Waals surface area contributed by atoms with Crippen molar-refractivity contribution in [2.24, 2.45) is 7.05 Å². The molecule has 2 aromatic heterocycles. The Morgan fingerprint density at radius 1 is 1.33 bits per heavy atom. The fourth-order valence-electron chi connectivity index (χ4n) is 2.59. The van der Waals surface area contributed by atoms with Gasteiger partial charge in [0.25, 0.3) is 11.5 Å². The molecule has 0 saturated carbocycles. The number of nitrogens with one attached hydrogen (secondary N) is 1. The van der Waals surface area contributed by atoms with Crippen LogP contribution in [0.25, 0.3) is 11.1 Å². The molecular weight excluding hydrogens is 418 g/mol. The number of carbonyl (C=O) groups excluding carboxylic acids is 2. The molecule has 8 nitrogen and oxygen atoms in total. The summed E-state index contributed by atoms with van der Waals surface area (Å²) in [5, 5.41) is 2.71. The van der Waals surface area contributed by atoms with Gasteiger partial charge in [-0.2, -0.15) is 0 Å². The van der Waals surface area contributed by atoms with Gasteiger partial charge in [0.05, 0.1) is 0 Å². The minimum absolute atomic E-state index is 0.0219. The number of hydrogen-bond acceptors (Lipinski definition) is 6. The van der Waals surface area contributed by atoms with Crippen LogP contribution in [0.15, 0.2) is 38.2 Å². The molecule has 3 aromatic rings. The average Bonchev–Trinajstić information content (AvgIpc) is 2.95. The molecule has 1 N–H and O–H groups in total. The molecule has 0 radical (unpaired) electrons. The van der Waals surface area contributed by atoms with Gasteiger partial charge in [0.1, 0.15) is 23.0 Å². The van der Waals surface area contributed by atoms with E-state index in [1.165, 1.54) is 24.9 Å². The molecular formula is C18H16BrN3O5. The SMILES string of the molecule is Cc1cc(Br)ccc1NC(=O)COC(=O)c1c(C)oc2ncn(C)c(=O)c12. The predicted octanol–water partition coefficient (Wildman–Crippen LogP) is 2.70. The average molecular weight is 434 g/mol. The van der Waals surface area contributed by atoms with Crippen LogP contribution in [0.4, 0.5) is 5.69 Å². The van der Waals surface area contributed by atoms with E-state index in [0.29, 0.717) is 5.69 Å². The topological polar surface area (TPSA) is 103 Å². The second-order valence-corrected chi connectivity index (χ2v) is 6.87. The number of ether oxygens (including phenoxy) is 1. The number of hydrogen-bond donors (Lipinski definition) is 1. The van der Waals surface area contributed by atoms with E-state index in [4.69, 9.17) is 9.15 Å². The van der Waals surface area contributed by atoms with Gasteiger partial charge in [-0.05, 0) is 37.6 Å². The highest BCUT2D eigenvalue weighted by molar-refractivity contribution is 9.10. The van der Waals surface area contributed by atoms with Crippen molar-refractivity contribution >= 4 is 44.6 Å². The predicted molar refractivity (Wildman–Crippen MR) is 102 cm³/mol. The van der Waals surface area contributed by atoms with Crippen LogP contribution in [-0.4, -0.2) is 28.0 Å². The minimum Gasteiger partial charge on any atom is -0.452 e. The third-order valence-electron chi connectivity index (χ3n) is 3.95. The van der Waals surface area contributed by atoms with Crippen molar-refractivity contribution < 1.29 is 18.7 Å². The van der Waals surface area contributed by atoms with Crippen molar-refractivity contribution in [3.63, 3.8) is 0 Å². The van der Waals surface area contributed by atoms with Crippen molar-refractivity contribution in [3.05, 3.63) is 56.2 Å². The van der Waals surface area contributed by atoms with Gasteiger partial charge in [0.15, 0.2) is 6.61 Å². The van der Waals surface area contributed by atoms with Crippen LogP contribution < -0.4 is 10.9 Å². The lowest BCUT2D eigenvalue weighted by atomic mass is 10.2. The molecule has 0 atom stereocenters. The highest BCUT2D eigenvalue weighted by Crippen LogP contribution is 2.22. The molecule has 0 unspecified atom stereocenters. The Kier molecular flexibility index (Phi) is 5.13. The Morgan fingerprint density at radius 3 is 2.78 bits per heavy atom. The van der Waals surface area contributed by atoms with E-state index in [2.05, 4.69) is 26.2 Å². The number of anilines is 1. The van der Waals surface area contributed by atoms with Crippen molar-refractivity contribution in [3.8, 4) is 0 Å². The maximum absolute atomic E-state index is 12.4. The molecule has 140 valence electrons. The van der Waals surface area contributed by atoms with Gasteiger partial charge in [-0.15, -0.1) is 0 Å². The van der Waals surface area contributed by atoms with Gasteiger partial charge in [0, 0.05) is 17.2 Å². The van der Waals surface area contributed by atoms with E-state index in [9.17, 15) is 14.4 Å². The lowest BCUT2D eigenvalue weighted by molar-refractivity contribution is -0.119. The number of rotatable bonds is 4. The number of fused-ring (bicyclic) bond motifs is 1. The van der Waals surface area contributed by atoms with E-state index >= 15 is 0 Å². The first kappa shape index (κ1) is 18.8. The molecule has 0 aliphatic carbocycles. The van der Waals surface area contributed by atoms with E-state index in [0.717, 1.165) is 10.0 Å². The van der Waals surface area contributed by atoms with Crippen molar-refractivity contribution in [1.82, 2.24) is 9.55 Å². The number of benzene rings is 1. The van der Waals surface area contributed by atoms with Crippen LogP contribution in [0, 0.1) is 13.8 Å². The van der Waals surface area contributed by atoms with E-state index < -0.39 is 24.0 Å². The fourth-order valence-corrected chi connectivity index (χ4v) is 3.07. The van der Waals surface area contributed by atoms with Crippen LogP contribution in [-0.2, 0) is 16.6 Å². The van der Waals surface area contributed by atoms with E-state index in [1.54, 1.807) is 12.1 Å². The molecule has 0 spiro atoms.